The second-order valence-electron chi connectivity index (χ2n) is 5.01. The predicted molar refractivity (Wildman–Crippen MR) is 85.0 cm³/mol. The molecule has 0 aliphatic heterocycles. The van der Waals surface area contributed by atoms with Crippen LogP contribution in [0.4, 0.5) is 0 Å². The van der Waals surface area contributed by atoms with Crippen LogP contribution in [-0.2, 0) is 6.42 Å². The minimum absolute atomic E-state index is 0.0642. The molecule has 2 aromatic carbocycles. The molecule has 0 saturated carbocycles. The first-order chi connectivity index (χ1) is 9.45. The monoisotopic (exact) mass is 306 g/mol. The third-order valence-corrected chi connectivity index (χ3v) is 3.74. The van der Waals surface area contributed by atoms with Crippen molar-refractivity contribution in [2.75, 3.05) is 0 Å². The van der Waals surface area contributed by atoms with Crippen molar-refractivity contribution >= 4 is 29.0 Å². The van der Waals surface area contributed by atoms with Crippen molar-refractivity contribution in [1.82, 2.24) is 0 Å². The topological polar surface area (TPSA) is 17.1 Å². The number of rotatable bonds is 4. The number of Topliss-reactive ketones (excluding diaryl/α,β-unsaturated/α-hetero) is 1. The van der Waals surface area contributed by atoms with Gasteiger partial charge in [0.25, 0.3) is 0 Å². The highest BCUT2D eigenvalue weighted by atomic mass is 35.5. The van der Waals surface area contributed by atoms with Crippen molar-refractivity contribution in [2.24, 2.45) is 0 Å². The summed E-state index contributed by atoms with van der Waals surface area (Å²) in [6.07, 6.45) is 1.19. The zero-order valence-electron chi connectivity index (χ0n) is 11.5. The quantitative estimate of drug-likeness (QED) is 0.689. The summed E-state index contributed by atoms with van der Waals surface area (Å²) in [4.78, 5) is 12.2. The average Bonchev–Trinajstić information content (AvgIpc) is 2.36. The molecule has 0 aliphatic rings. The fourth-order valence-corrected chi connectivity index (χ4v) is 2.76. The molecule has 20 heavy (non-hydrogen) atoms. The highest BCUT2D eigenvalue weighted by molar-refractivity contribution is 6.35. The van der Waals surface area contributed by atoms with E-state index in [1.165, 1.54) is 16.7 Å². The van der Waals surface area contributed by atoms with E-state index in [0.717, 1.165) is 6.42 Å². The molecule has 0 spiro atoms. The minimum Gasteiger partial charge on any atom is -0.294 e. The van der Waals surface area contributed by atoms with Crippen LogP contribution < -0.4 is 0 Å². The largest absolute Gasteiger partial charge is 0.294 e. The number of hydrogen-bond acceptors (Lipinski definition) is 1. The van der Waals surface area contributed by atoms with Crippen LogP contribution in [0.25, 0.3) is 0 Å². The molecule has 0 heterocycles. The number of halogens is 2. The number of aryl methyl sites for hydroxylation is 3. The minimum atomic E-state index is 0.0642. The predicted octanol–water partition coefficient (Wildman–Crippen LogP) is 5.43. The molecule has 0 amide bonds. The highest BCUT2D eigenvalue weighted by Crippen LogP contribution is 2.21. The van der Waals surface area contributed by atoms with Gasteiger partial charge in [-0.3, -0.25) is 4.79 Å². The van der Waals surface area contributed by atoms with E-state index in [-0.39, 0.29) is 5.78 Å². The maximum Gasteiger partial charge on any atom is 0.163 e. The Hall–Kier alpha value is -1.31. The van der Waals surface area contributed by atoms with E-state index in [4.69, 9.17) is 23.2 Å². The molecule has 0 bridgehead atoms. The first kappa shape index (κ1) is 15.1. The van der Waals surface area contributed by atoms with Gasteiger partial charge < -0.3 is 0 Å². The highest BCUT2D eigenvalue weighted by Gasteiger charge is 2.09. The van der Waals surface area contributed by atoms with Crippen LogP contribution in [0.5, 0.6) is 0 Å². The van der Waals surface area contributed by atoms with Crippen LogP contribution in [0.2, 0.25) is 10.0 Å². The molecule has 0 fully saturated rings. The van der Waals surface area contributed by atoms with Crippen molar-refractivity contribution in [3.63, 3.8) is 0 Å². The van der Waals surface area contributed by atoms with Gasteiger partial charge in [-0.05, 0) is 49.6 Å². The molecule has 0 atom stereocenters. The number of hydrogen-bond donors (Lipinski definition) is 0. The van der Waals surface area contributed by atoms with Crippen molar-refractivity contribution in [3.8, 4) is 0 Å². The van der Waals surface area contributed by atoms with Gasteiger partial charge in [0.15, 0.2) is 5.78 Å². The fraction of sp³-hybridized carbons (Fsp3) is 0.235. The maximum absolute atomic E-state index is 12.2. The second-order valence-corrected chi connectivity index (χ2v) is 5.88. The average molecular weight is 307 g/mol. The molecule has 2 rings (SSSR count). The summed E-state index contributed by atoms with van der Waals surface area (Å²) in [5.74, 6) is 0.0642. The molecule has 2 aromatic rings. The van der Waals surface area contributed by atoms with E-state index in [1.54, 1.807) is 18.2 Å². The van der Waals surface area contributed by atoms with E-state index in [2.05, 4.69) is 32.0 Å². The Labute approximate surface area is 129 Å². The zero-order valence-corrected chi connectivity index (χ0v) is 13.1. The van der Waals surface area contributed by atoms with E-state index < -0.39 is 0 Å². The van der Waals surface area contributed by atoms with E-state index in [1.807, 2.05) is 0 Å². The lowest BCUT2D eigenvalue weighted by Gasteiger charge is -2.07. The molecule has 104 valence electrons. The van der Waals surface area contributed by atoms with Gasteiger partial charge in [-0.25, -0.2) is 0 Å². The van der Waals surface area contributed by atoms with Crippen molar-refractivity contribution in [1.29, 1.82) is 0 Å². The SMILES string of the molecule is Cc1ccc(CCC(=O)c2cc(Cl)cc(Cl)c2)c(C)c1. The van der Waals surface area contributed by atoms with Gasteiger partial charge in [-0.1, -0.05) is 47.0 Å². The molecule has 3 heteroatoms. The molecule has 0 aromatic heterocycles. The number of carbonyl (C=O) groups is 1. The number of benzene rings is 2. The van der Waals surface area contributed by atoms with Gasteiger partial charge >= 0.3 is 0 Å². The normalized spacial score (nSPS) is 10.6. The van der Waals surface area contributed by atoms with Gasteiger partial charge in [0, 0.05) is 22.0 Å². The van der Waals surface area contributed by atoms with E-state index >= 15 is 0 Å². The Balaban J connectivity index is 2.08. The first-order valence-electron chi connectivity index (χ1n) is 6.51. The molecule has 1 nitrogen and oxygen atoms in total. The van der Waals surface area contributed by atoms with Crippen molar-refractivity contribution in [3.05, 3.63) is 68.7 Å². The summed E-state index contributed by atoms with van der Waals surface area (Å²) < 4.78 is 0. The van der Waals surface area contributed by atoms with Crippen molar-refractivity contribution in [2.45, 2.75) is 26.7 Å². The summed E-state index contributed by atoms with van der Waals surface area (Å²) in [6.45, 7) is 4.14. The first-order valence-corrected chi connectivity index (χ1v) is 7.27. The maximum atomic E-state index is 12.2. The second kappa shape index (κ2) is 6.43. The molecule has 0 radical (unpaired) electrons. The summed E-state index contributed by atoms with van der Waals surface area (Å²) in [5.41, 5.74) is 4.24. The Morgan fingerprint density at radius 2 is 1.65 bits per heavy atom. The van der Waals surface area contributed by atoms with Crippen LogP contribution in [-0.4, -0.2) is 5.78 Å². The van der Waals surface area contributed by atoms with Gasteiger partial charge in [0.1, 0.15) is 0 Å². The Kier molecular flexibility index (Phi) is 4.85. The summed E-state index contributed by atoms with van der Waals surface area (Å²) in [5, 5.41) is 0.986. The van der Waals surface area contributed by atoms with Crippen LogP contribution in [0.1, 0.15) is 33.5 Å². The van der Waals surface area contributed by atoms with E-state index in [9.17, 15) is 4.79 Å². The summed E-state index contributed by atoms with van der Waals surface area (Å²) in [6, 6.07) is 11.3. The number of ketones is 1. The molecule has 0 N–H and O–H groups in total. The Morgan fingerprint density at radius 1 is 1.00 bits per heavy atom. The van der Waals surface area contributed by atoms with Gasteiger partial charge in [0.2, 0.25) is 0 Å². The standard InChI is InChI=1S/C17H16Cl2O/c1-11-3-4-13(12(2)7-11)5-6-17(20)14-8-15(18)10-16(19)9-14/h3-4,7-10H,5-6H2,1-2H3. The van der Waals surface area contributed by atoms with E-state index in [0.29, 0.717) is 22.0 Å². The van der Waals surface area contributed by atoms with Crippen LogP contribution >= 0.6 is 23.2 Å². The molecule has 0 aliphatic carbocycles. The Morgan fingerprint density at radius 3 is 2.25 bits per heavy atom. The van der Waals surface area contributed by atoms with Crippen LogP contribution in [0.15, 0.2) is 36.4 Å². The smallest absolute Gasteiger partial charge is 0.163 e. The zero-order chi connectivity index (χ0) is 14.7. The van der Waals surface area contributed by atoms with Crippen LogP contribution in [0.3, 0.4) is 0 Å². The molecular weight excluding hydrogens is 291 g/mol. The summed E-state index contributed by atoms with van der Waals surface area (Å²) >= 11 is 11.8. The molecule has 0 unspecified atom stereocenters. The lowest BCUT2D eigenvalue weighted by molar-refractivity contribution is 0.0983. The van der Waals surface area contributed by atoms with Crippen molar-refractivity contribution < 1.29 is 4.79 Å². The molecular formula is C17H16Cl2O. The third-order valence-electron chi connectivity index (χ3n) is 3.30. The Bertz CT molecular complexity index is 627. The lowest BCUT2D eigenvalue weighted by Crippen LogP contribution is -2.02. The van der Waals surface area contributed by atoms with Gasteiger partial charge in [-0.2, -0.15) is 0 Å². The molecule has 0 saturated heterocycles. The van der Waals surface area contributed by atoms with Crippen LogP contribution in [0, 0.1) is 13.8 Å². The van der Waals surface area contributed by atoms with Gasteiger partial charge in [0.05, 0.1) is 0 Å². The van der Waals surface area contributed by atoms with Gasteiger partial charge in [-0.15, -0.1) is 0 Å². The summed E-state index contributed by atoms with van der Waals surface area (Å²) in [7, 11) is 0. The third kappa shape index (κ3) is 3.84. The number of carbonyl (C=O) groups excluding carboxylic acids is 1. The fourth-order valence-electron chi connectivity index (χ4n) is 2.23. The lowest BCUT2D eigenvalue weighted by atomic mass is 9.98.